The van der Waals surface area contributed by atoms with Gasteiger partial charge in [0.15, 0.2) is 0 Å². The van der Waals surface area contributed by atoms with Crippen LogP contribution < -0.4 is 0 Å². The van der Waals surface area contributed by atoms with E-state index in [1.165, 1.54) is 0 Å². The predicted octanol–water partition coefficient (Wildman–Crippen LogP) is 2.64. The minimum atomic E-state index is -4.33. The van der Waals surface area contributed by atoms with Gasteiger partial charge in [-0.1, -0.05) is 0 Å². The van der Waals surface area contributed by atoms with Gasteiger partial charge in [0.1, 0.15) is 0 Å². The van der Waals surface area contributed by atoms with E-state index >= 15 is 0 Å². The fraction of sp³-hybridized carbons (Fsp3) is 1.00. The molecular weight excluding hydrogens is 199 g/mol. The normalized spacial score (nSPS) is 17.4. The molecule has 0 heterocycles. The molecule has 0 aromatic carbocycles. The van der Waals surface area contributed by atoms with E-state index in [1.54, 1.807) is 6.92 Å². The molecule has 0 rings (SSSR count). The fourth-order valence-electron chi connectivity index (χ4n) is 1.45. The molecule has 0 aliphatic rings. The summed E-state index contributed by atoms with van der Waals surface area (Å²) in [5.74, 6) is 0. The molecule has 0 aromatic rings. The Morgan fingerprint density at radius 2 is 1.50 bits per heavy atom. The molecule has 88 valence electrons. The zero-order valence-corrected chi connectivity index (χ0v) is 10.5. The number of hydrogen-bond donors (Lipinski definition) is 3. The summed E-state index contributed by atoms with van der Waals surface area (Å²) in [5, 5.41) is 0. The first-order valence-electron chi connectivity index (χ1n) is 5.57. The molecule has 3 N–H and O–H groups in total. The Labute approximate surface area is 87.3 Å². The second kappa shape index (κ2) is 5.41. The second-order valence-electron chi connectivity index (χ2n) is 4.29. The molecule has 14 heavy (non-hydrogen) atoms. The maximum absolute atomic E-state index is 9.85. The Kier molecular flexibility index (Phi) is 5.53. The van der Waals surface area contributed by atoms with Crippen LogP contribution in [-0.4, -0.2) is 26.5 Å². The van der Waals surface area contributed by atoms with Gasteiger partial charge in [0, 0.05) is 0 Å². The van der Waals surface area contributed by atoms with Crippen LogP contribution in [0.4, 0.5) is 0 Å². The van der Waals surface area contributed by atoms with Gasteiger partial charge in [-0.3, -0.25) is 0 Å². The maximum atomic E-state index is 9.85. The van der Waals surface area contributed by atoms with E-state index in [9.17, 15) is 14.7 Å². The van der Waals surface area contributed by atoms with E-state index in [-0.39, 0.29) is 11.8 Å². The van der Waals surface area contributed by atoms with Crippen LogP contribution in [0.25, 0.3) is 0 Å². The Morgan fingerprint density at radius 1 is 1.00 bits per heavy atom. The van der Waals surface area contributed by atoms with Crippen molar-refractivity contribution in [3.05, 3.63) is 0 Å². The van der Waals surface area contributed by atoms with Gasteiger partial charge >= 0.3 is 86.7 Å². The first kappa shape index (κ1) is 14.3. The van der Waals surface area contributed by atoms with Crippen LogP contribution in [0.5, 0.6) is 0 Å². The van der Waals surface area contributed by atoms with Crippen LogP contribution in [0.3, 0.4) is 0 Å². The topological polar surface area (TPSA) is 60.7 Å². The molecular formula is C10H25O3P. The molecule has 0 saturated heterocycles. The van der Waals surface area contributed by atoms with Crippen LogP contribution in [0, 0.1) is 0 Å². The van der Waals surface area contributed by atoms with Gasteiger partial charge in [0.25, 0.3) is 0 Å². The van der Waals surface area contributed by atoms with Crippen LogP contribution in [-0.2, 0) is 0 Å². The number of unbranched alkanes of at least 4 members (excludes halogenated alkanes) is 2. The molecule has 1 unspecified atom stereocenters. The van der Waals surface area contributed by atoms with Crippen molar-refractivity contribution in [2.45, 2.75) is 58.5 Å². The number of hydrogen-bond acceptors (Lipinski definition) is 3. The van der Waals surface area contributed by atoms with Crippen LogP contribution in [0.1, 0.15) is 52.9 Å². The Balaban J connectivity index is 4.22. The first-order valence-corrected chi connectivity index (χ1v) is 7.92. The fourth-order valence-corrected chi connectivity index (χ4v) is 3.52. The summed E-state index contributed by atoms with van der Waals surface area (Å²) < 4.78 is 0. The van der Waals surface area contributed by atoms with Crippen molar-refractivity contribution in [3.8, 4) is 0 Å². The van der Waals surface area contributed by atoms with Gasteiger partial charge in [0.2, 0.25) is 0 Å². The summed E-state index contributed by atoms with van der Waals surface area (Å²) in [7, 11) is -4.33. The molecule has 4 heteroatoms. The van der Waals surface area contributed by atoms with Gasteiger partial charge in [-0.05, 0) is 0 Å². The average Bonchev–Trinajstić information content (AvgIpc) is 2.10. The van der Waals surface area contributed by atoms with Gasteiger partial charge in [0.05, 0.1) is 0 Å². The van der Waals surface area contributed by atoms with E-state index in [1.807, 2.05) is 6.92 Å². The van der Waals surface area contributed by atoms with Gasteiger partial charge < -0.3 is 0 Å². The summed E-state index contributed by atoms with van der Waals surface area (Å²) in [6, 6.07) is 0. The van der Waals surface area contributed by atoms with Crippen molar-refractivity contribution in [2.24, 2.45) is 0 Å². The Bertz CT molecular complexity index is 162. The third kappa shape index (κ3) is 4.70. The Hall–Kier alpha value is 0.310. The van der Waals surface area contributed by atoms with E-state index in [4.69, 9.17) is 0 Å². The van der Waals surface area contributed by atoms with Crippen molar-refractivity contribution in [1.82, 2.24) is 0 Å². The van der Waals surface area contributed by atoms with Crippen LogP contribution in [0.2, 0.25) is 0 Å². The third-order valence-corrected chi connectivity index (χ3v) is 6.06. The van der Waals surface area contributed by atoms with Crippen molar-refractivity contribution in [3.63, 3.8) is 0 Å². The first-order chi connectivity index (χ1) is 6.32. The molecule has 0 fully saturated rings. The molecule has 0 spiro atoms. The van der Waals surface area contributed by atoms with Crippen molar-refractivity contribution in [1.29, 1.82) is 0 Å². The summed E-state index contributed by atoms with van der Waals surface area (Å²) in [4.78, 5) is 29.5. The molecule has 0 radical (unpaired) electrons. The van der Waals surface area contributed by atoms with Crippen LogP contribution in [0.15, 0.2) is 0 Å². The van der Waals surface area contributed by atoms with Crippen LogP contribution >= 0.6 is 7.28 Å². The van der Waals surface area contributed by atoms with E-state index in [0.717, 1.165) is 19.3 Å². The average molecular weight is 224 g/mol. The molecule has 0 amide bonds. The third-order valence-electron chi connectivity index (χ3n) is 2.82. The molecule has 1 atom stereocenters. The van der Waals surface area contributed by atoms with Crippen molar-refractivity contribution < 1.29 is 14.7 Å². The van der Waals surface area contributed by atoms with E-state index < -0.39 is 7.28 Å². The van der Waals surface area contributed by atoms with E-state index in [0.29, 0.717) is 12.8 Å². The summed E-state index contributed by atoms with van der Waals surface area (Å²) in [6.07, 6.45) is 4.36. The monoisotopic (exact) mass is 224 g/mol. The van der Waals surface area contributed by atoms with Gasteiger partial charge in [-0.2, -0.15) is 0 Å². The van der Waals surface area contributed by atoms with Crippen molar-refractivity contribution >= 4 is 7.28 Å². The SMILES string of the molecule is CCCCC(C)P(O)(O)(O)CCCC. The van der Waals surface area contributed by atoms with Gasteiger partial charge in [-0.15, -0.1) is 0 Å². The quantitative estimate of drug-likeness (QED) is 0.582. The second-order valence-corrected chi connectivity index (χ2v) is 8.06. The van der Waals surface area contributed by atoms with E-state index in [2.05, 4.69) is 6.92 Å². The Morgan fingerprint density at radius 3 is 1.93 bits per heavy atom. The molecule has 0 aromatic heterocycles. The molecule has 0 aliphatic heterocycles. The molecule has 0 saturated carbocycles. The van der Waals surface area contributed by atoms with Gasteiger partial charge in [-0.25, -0.2) is 0 Å². The summed E-state index contributed by atoms with van der Waals surface area (Å²) in [6.45, 7) is 5.77. The minimum absolute atomic E-state index is 0.160. The summed E-state index contributed by atoms with van der Waals surface area (Å²) in [5.41, 5.74) is -0.368. The number of rotatable bonds is 7. The standard InChI is InChI=1S/C10H25O3P/c1-4-6-8-10(3)14(11,12,13)9-7-5-2/h10-13H,4-9H2,1-3H3. The molecule has 0 bridgehead atoms. The van der Waals surface area contributed by atoms with Crippen molar-refractivity contribution in [2.75, 3.05) is 6.16 Å². The predicted molar refractivity (Wildman–Crippen MR) is 62.3 cm³/mol. The molecule has 3 nitrogen and oxygen atoms in total. The zero-order chi connectivity index (χ0) is 11.3. The zero-order valence-electron chi connectivity index (χ0n) is 9.61. The summed E-state index contributed by atoms with van der Waals surface area (Å²) >= 11 is 0. The molecule has 0 aliphatic carbocycles.